The van der Waals surface area contributed by atoms with Crippen molar-refractivity contribution >= 4 is 24.3 Å². The average Bonchev–Trinajstić information content (AvgIpc) is 2.90. The van der Waals surface area contributed by atoms with Crippen LogP contribution in [0.2, 0.25) is 13.3 Å². The van der Waals surface area contributed by atoms with Gasteiger partial charge in [0.25, 0.3) is 0 Å². The molecule has 0 spiro atoms. The summed E-state index contributed by atoms with van der Waals surface area (Å²) in [6.07, 6.45) is 12.2. The summed E-state index contributed by atoms with van der Waals surface area (Å²) in [5.74, 6) is -0.0379. The molecule has 196 valence electrons. The van der Waals surface area contributed by atoms with Crippen LogP contribution in [0.4, 0.5) is 0 Å². The average molecular weight is 590 g/mol. The molecule has 3 fully saturated rings. The molecule has 2 bridgehead atoms. The number of nitrogens with zero attached hydrogens (tertiary/aromatic N) is 1. The van der Waals surface area contributed by atoms with Gasteiger partial charge in [-0.25, -0.2) is 0 Å². The summed E-state index contributed by atoms with van der Waals surface area (Å²) in [5, 5.41) is 11.9. The van der Waals surface area contributed by atoms with Crippen molar-refractivity contribution in [2.45, 2.75) is 104 Å². The van der Waals surface area contributed by atoms with Crippen LogP contribution in [0.15, 0.2) is 40.5 Å². The molecule has 2 atom stereocenters. The molecular weight excluding hydrogens is 541 g/mol. The van der Waals surface area contributed by atoms with E-state index in [2.05, 4.69) is 35.8 Å². The van der Waals surface area contributed by atoms with Gasteiger partial charge in [-0.1, -0.05) is 0 Å². The van der Waals surface area contributed by atoms with Gasteiger partial charge in [0.1, 0.15) is 0 Å². The molecule has 35 heavy (non-hydrogen) atoms. The molecule has 2 unspecified atom stereocenters. The molecule has 0 saturated carbocycles. The second-order valence-electron chi connectivity index (χ2n) is 11.1. The van der Waals surface area contributed by atoms with E-state index < -0.39 is 29.9 Å². The van der Waals surface area contributed by atoms with Crippen LogP contribution >= 0.6 is 0 Å². The number of unbranched alkanes of at least 4 members (excludes halogenated alkanes) is 3. The van der Waals surface area contributed by atoms with Gasteiger partial charge in [0, 0.05) is 0 Å². The summed E-state index contributed by atoms with van der Waals surface area (Å²) in [6, 6.07) is 9.47. The van der Waals surface area contributed by atoms with Gasteiger partial charge in [-0.05, 0) is 0 Å². The minimum atomic E-state index is -2.49. The monoisotopic (exact) mass is 591 g/mol. The van der Waals surface area contributed by atoms with E-state index in [1.165, 1.54) is 51.8 Å². The Bertz CT molecular complexity index is 768. The Morgan fingerprint density at radius 3 is 2.09 bits per heavy atom. The molecular formula is C30H49NO3Sn. The third-order valence-electron chi connectivity index (χ3n) is 8.41. The van der Waals surface area contributed by atoms with Crippen molar-refractivity contribution in [3.63, 3.8) is 0 Å². The van der Waals surface area contributed by atoms with E-state index in [4.69, 9.17) is 4.74 Å². The molecule has 1 N–H and O–H groups in total. The standard InChI is InChI=1S/C18H22NO3.3C4H9.Sn/c1-2-10-18(21,15-6-4-3-5-7-15)17(20)22-16-13-19-11-8-14(16)9-12-19;3*1-3-4-2;/h1-7,14,16,21H,8-13H2;3*1,3-4H2,2H3;. The molecule has 0 aliphatic carbocycles. The molecule has 3 aliphatic rings. The molecule has 0 amide bonds. The van der Waals surface area contributed by atoms with E-state index in [-0.39, 0.29) is 6.10 Å². The second kappa shape index (κ2) is 14.2. The normalized spacial score (nSPS) is 23.9. The number of carbonyl (C=O) groups is 1. The van der Waals surface area contributed by atoms with Crippen molar-refractivity contribution in [2.24, 2.45) is 5.92 Å². The van der Waals surface area contributed by atoms with Gasteiger partial charge < -0.3 is 0 Å². The van der Waals surface area contributed by atoms with Gasteiger partial charge in [-0.2, -0.15) is 0 Å². The van der Waals surface area contributed by atoms with Crippen LogP contribution in [0.3, 0.4) is 0 Å². The molecule has 3 aliphatic heterocycles. The van der Waals surface area contributed by atoms with Crippen molar-refractivity contribution in [3.05, 3.63) is 46.1 Å². The topological polar surface area (TPSA) is 49.8 Å². The number of rotatable bonds is 15. The molecule has 1 aromatic carbocycles. The molecule has 4 rings (SSSR count). The Morgan fingerprint density at radius 2 is 1.60 bits per heavy atom. The summed E-state index contributed by atoms with van der Waals surface area (Å²) in [4.78, 5) is 16.0. The number of piperidine rings is 3. The van der Waals surface area contributed by atoms with Crippen molar-refractivity contribution in [3.8, 4) is 0 Å². The number of ether oxygens (including phenoxy) is 1. The quantitative estimate of drug-likeness (QED) is 0.180. The molecule has 3 heterocycles. The van der Waals surface area contributed by atoms with Crippen LogP contribution < -0.4 is 0 Å². The molecule has 0 aromatic heterocycles. The predicted octanol–water partition coefficient (Wildman–Crippen LogP) is 6.85. The van der Waals surface area contributed by atoms with E-state index in [0.717, 1.165) is 32.5 Å². The molecule has 0 radical (unpaired) electrons. The van der Waals surface area contributed by atoms with Crippen LogP contribution in [-0.4, -0.2) is 60.1 Å². The Kier molecular flexibility index (Phi) is 11.6. The van der Waals surface area contributed by atoms with Crippen molar-refractivity contribution < 1.29 is 14.6 Å². The van der Waals surface area contributed by atoms with Crippen LogP contribution in [0.25, 0.3) is 0 Å². The third-order valence-corrected chi connectivity index (χ3v) is 22.7. The number of esters is 1. The minimum absolute atomic E-state index is 0.0962. The zero-order valence-corrected chi connectivity index (χ0v) is 25.4. The number of benzene rings is 1. The number of hydrogen-bond donors (Lipinski definition) is 1. The summed E-state index contributed by atoms with van der Waals surface area (Å²) >= 11 is -2.49. The molecule has 3 saturated heterocycles. The third kappa shape index (κ3) is 7.82. The summed E-state index contributed by atoms with van der Waals surface area (Å²) in [7, 11) is 0. The maximum absolute atomic E-state index is 13.6. The van der Waals surface area contributed by atoms with E-state index in [1.807, 2.05) is 30.3 Å². The Labute approximate surface area is 218 Å². The van der Waals surface area contributed by atoms with Gasteiger partial charge in [0.2, 0.25) is 0 Å². The Morgan fingerprint density at radius 1 is 1.03 bits per heavy atom. The second-order valence-corrected chi connectivity index (χ2v) is 24.1. The molecule has 1 aromatic rings. The van der Waals surface area contributed by atoms with E-state index in [0.29, 0.717) is 17.9 Å². The van der Waals surface area contributed by atoms with Crippen LogP contribution in [0.1, 0.15) is 84.1 Å². The van der Waals surface area contributed by atoms with E-state index in [9.17, 15) is 9.90 Å². The Hall–Kier alpha value is -0.851. The first-order valence-electron chi connectivity index (χ1n) is 14.4. The summed E-state index contributed by atoms with van der Waals surface area (Å²) in [5.41, 5.74) is -0.978. The first kappa shape index (κ1) is 28.7. The zero-order chi connectivity index (χ0) is 25.2. The first-order chi connectivity index (χ1) is 17.0. The van der Waals surface area contributed by atoms with Crippen LogP contribution in [-0.2, 0) is 15.1 Å². The van der Waals surface area contributed by atoms with Crippen molar-refractivity contribution in [2.75, 3.05) is 19.6 Å². The fourth-order valence-corrected chi connectivity index (χ4v) is 20.4. The van der Waals surface area contributed by atoms with Gasteiger partial charge in [0.05, 0.1) is 0 Å². The van der Waals surface area contributed by atoms with Crippen molar-refractivity contribution in [1.82, 2.24) is 4.90 Å². The summed E-state index contributed by atoms with van der Waals surface area (Å²) < 4.78 is 12.8. The first-order valence-corrected chi connectivity index (χ1v) is 22.1. The van der Waals surface area contributed by atoms with Crippen LogP contribution in [0.5, 0.6) is 0 Å². The molecule has 4 nitrogen and oxygen atoms in total. The van der Waals surface area contributed by atoms with E-state index in [1.54, 1.807) is 0 Å². The van der Waals surface area contributed by atoms with E-state index >= 15 is 0 Å². The van der Waals surface area contributed by atoms with Crippen molar-refractivity contribution in [1.29, 1.82) is 0 Å². The fraction of sp³-hybridized carbons (Fsp3) is 0.700. The molecule has 5 heteroatoms. The van der Waals surface area contributed by atoms with Gasteiger partial charge >= 0.3 is 219 Å². The summed E-state index contributed by atoms with van der Waals surface area (Å²) in [6.45, 7) is 9.89. The Balaban J connectivity index is 1.81. The number of hydrogen-bond acceptors (Lipinski definition) is 4. The number of fused-ring (bicyclic) bond motifs is 3. The zero-order valence-electron chi connectivity index (χ0n) is 22.5. The van der Waals surface area contributed by atoms with Gasteiger partial charge in [-0.3, -0.25) is 0 Å². The van der Waals surface area contributed by atoms with Gasteiger partial charge in [-0.15, -0.1) is 0 Å². The number of aliphatic hydroxyl groups is 1. The fourth-order valence-electron chi connectivity index (χ4n) is 6.00. The predicted molar refractivity (Wildman–Crippen MR) is 148 cm³/mol. The van der Waals surface area contributed by atoms with Crippen LogP contribution in [0, 0.1) is 5.92 Å². The number of carbonyl (C=O) groups excluding carboxylic acids is 1. The maximum atomic E-state index is 13.6. The van der Waals surface area contributed by atoms with Gasteiger partial charge in [0.15, 0.2) is 0 Å². The SMILES string of the molecule is CCC[CH2][Sn](/[CH]=C/CC(O)(C(=O)OC1CN2CCC1CC2)c1ccccc1)([CH2]CCC)[CH2]CCC.